The zero-order valence-corrected chi connectivity index (χ0v) is 12.5. The average molecular weight is 289 g/mol. The molecule has 5 nitrogen and oxygen atoms in total. The number of nitro benzene ring substituents is 1. The van der Waals surface area contributed by atoms with Crippen molar-refractivity contribution in [3.05, 3.63) is 58.2 Å². The van der Waals surface area contributed by atoms with Gasteiger partial charge in [0.05, 0.1) is 4.92 Å². The van der Waals surface area contributed by atoms with Crippen LogP contribution >= 0.6 is 0 Å². The Kier molecular flexibility index (Phi) is 5.41. The lowest BCUT2D eigenvalue weighted by Crippen LogP contribution is -2.24. The lowest BCUT2D eigenvalue weighted by molar-refractivity contribution is -0.384. The zero-order valence-electron chi connectivity index (χ0n) is 12.5. The van der Waals surface area contributed by atoms with Crippen molar-refractivity contribution in [2.24, 2.45) is 0 Å². The largest absolute Gasteiger partial charge is 0.457 e. The molecule has 112 valence electrons. The van der Waals surface area contributed by atoms with Gasteiger partial charge in [-0.1, -0.05) is 18.7 Å². The fourth-order valence-electron chi connectivity index (χ4n) is 1.48. The van der Waals surface area contributed by atoms with Gasteiger partial charge in [0.1, 0.15) is 5.60 Å². The predicted molar refractivity (Wildman–Crippen MR) is 81.7 cm³/mol. The number of esters is 1. The van der Waals surface area contributed by atoms with E-state index < -0.39 is 16.5 Å². The van der Waals surface area contributed by atoms with E-state index in [-0.39, 0.29) is 5.69 Å². The third kappa shape index (κ3) is 6.03. The molecule has 0 atom stereocenters. The highest BCUT2D eigenvalue weighted by molar-refractivity contribution is 5.88. The minimum absolute atomic E-state index is 0.0466. The second kappa shape index (κ2) is 6.83. The van der Waals surface area contributed by atoms with E-state index >= 15 is 0 Å². The number of non-ortho nitro benzene ring substituents is 1. The Labute approximate surface area is 124 Å². The minimum atomic E-state index is -0.540. The molecule has 1 aromatic carbocycles. The number of allylic oxidation sites excluding steroid dienone is 1. The van der Waals surface area contributed by atoms with Crippen LogP contribution in [0.1, 0.15) is 32.8 Å². The highest BCUT2D eigenvalue weighted by Gasteiger charge is 2.17. The summed E-state index contributed by atoms with van der Waals surface area (Å²) in [7, 11) is 0. The highest BCUT2D eigenvalue weighted by Crippen LogP contribution is 2.15. The molecule has 0 aliphatic rings. The normalized spacial score (nSPS) is 11.4. The fourth-order valence-corrected chi connectivity index (χ4v) is 1.48. The first kappa shape index (κ1) is 16.6. The molecule has 0 fully saturated rings. The Bertz CT molecular complexity index is 565. The quantitative estimate of drug-likeness (QED) is 0.357. The Morgan fingerprint density at radius 3 is 2.38 bits per heavy atom. The number of carbonyl (C=O) groups is 1. The third-order valence-corrected chi connectivity index (χ3v) is 2.47. The Balaban J connectivity index is 2.56. The van der Waals surface area contributed by atoms with Crippen LogP contribution in [0.5, 0.6) is 0 Å². The molecule has 0 bridgehead atoms. The molecule has 5 heteroatoms. The summed E-state index contributed by atoms with van der Waals surface area (Å²) in [6, 6.07) is 6.15. The van der Waals surface area contributed by atoms with Gasteiger partial charge in [-0.15, -0.1) is 0 Å². The van der Waals surface area contributed by atoms with E-state index in [1.807, 2.05) is 0 Å². The summed E-state index contributed by atoms with van der Waals surface area (Å²) < 4.78 is 5.20. The van der Waals surface area contributed by atoms with E-state index in [4.69, 9.17) is 4.74 Å². The van der Waals surface area contributed by atoms with Gasteiger partial charge in [0.25, 0.3) is 5.69 Å². The van der Waals surface area contributed by atoms with Gasteiger partial charge in [0.15, 0.2) is 0 Å². The molecule has 21 heavy (non-hydrogen) atoms. The maximum atomic E-state index is 11.7. The number of nitro groups is 1. The molecule has 0 N–H and O–H groups in total. The summed E-state index contributed by atoms with van der Waals surface area (Å²) >= 11 is 0. The van der Waals surface area contributed by atoms with Crippen LogP contribution in [0.2, 0.25) is 0 Å². The van der Waals surface area contributed by atoms with Crippen LogP contribution in [-0.4, -0.2) is 16.5 Å². The summed E-state index contributed by atoms with van der Waals surface area (Å²) in [4.78, 5) is 21.8. The van der Waals surface area contributed by atoms with Crippen LogP contribution in [-0.2, 0) is 9.53 Å². The number of ether oxygens (including phenoxy) is 1. The van der Waals surface area contributed by atoms with Gasteiger partial charge in [0.2, 0.25) is 0 Å². The molecule has 0 aliphatic carbocycles. The molecule has 0 aliphatic heterocycles. The number of nitrogens with zero attached hydrogens (tertiary/aromatic N) is 1. The van der Waals surface area contributed by atoms with Gasteiger partial charge >= 0.3 is 5.97 Å². The monoisotopic (exact) mass is 289 g/mol. The Morgan fingerprint density at radius 1 is 1.33 bits per heavy atom. The van der Waals surface area contributed by atoms with Crippen LogP contribution in [0, 0.1) is 10.1 Å². The second-order valence-electron chi connectivity index (χ2n) is 5.56. The first-order chi connectivity index (χ1) is 9.69. The average Bonchev–Trinajstić information content (AvgIpc) is 2.37. The molecule has 0 radical (unpaired) electrons. The van der Waals surface area contributed by atoms with E-state index in [1.54, 1.807) is 45.1 Å². The summed E-state index contributed by atoms with van der Waals surface area (Å²) in [6.45, 7) is 9.08. The molecular weight excluding hydrogens is 270 g/mol. The van der Waals surface area contributed by atoms with Crippen molar-refractivity contribution >= 4 is 17.7 Å². The van der Waals surface area contributed by atoms with Crippen molar-refractivity contribution in [2.45, 2.75) is 32.8 Å². The molecule has 0 unspecified atom stereocenters. The van der Waals surface area contributed by atoms with Crippen molar-refractivity contribution in [3.8, 4) is 0 Å². The van der Waals surface area contributed by atoms with E-state index in [0.717, 1.165) is 5.56 Å². The van der Waals surface area contributed by atoms with Crippen molar-refractivity contribution in [2.75, 3.05) is 0 Å². The Morgan fingerprint density at radius 2 is 1.90 bits per heavy atom. The maximum absolute atomic E-state index is 11.7. The van der Waals surface area contributed by atoms with E-state index in [0.29, 0.717) is 12.0 Å². The van der Waals surface area contributed by atoms with Gasteiger partial charge < -0.3 is 4.74 Å². The van der Waals surface area contributed by atoms with Crippen molar-refractivity contribution in [1.29, 1.82) is 0 Å². The molecule has 1 rings (SSSR count). The molecule has 0 heterocycles. The number of rotatable bonds is 5. The first-order valence-electron chi connectivity index (χ1n) is 6.51. The van der Waals surface area contributed by atoms with Crippen LogP contribution in [0.3, 0.4) is 0 Å². The lowest BCUT2D eigenvalue weighted by atomic mass is 10.1. The molecule has 0 aromatic heterocycles. The second-order valence-corrected chi connectivity index (χ2v) is 5.56. The molecule has 0 amide bonds. The SMILES string of the molecule is C=C(C/C=C/c1ccc([N+](=O)[O-])cc1)C(=O)OC(C)(C)C. The molecule has 0 saturated heterocycles. The van der Waals surface area contributed by atoms with Crippen molar-refractivity contribution in [3.63, 3.8) is 0 Å². The van der Waals surface area contributed by atoms with E-state index in [1.165, 1.54) is 12.1 Å². The molecule has 1 aromatic rings. The smallest absolute Gasteiger partial charge is 0.334 e. The zero-order chi connectivity index (χ0) is 16.0. The van der Waals surface area contributed by atoms with Crippen LogP contribution < -0.4 is 0 Å². The lowest BCUT2D eigenvalue weighted by Gasteiger charge is -2.19. The van der Waals surface area contributed by atoms with Crippen molar-refractivity contribution in [1.82, 2.24) is 0 Å². The first-order valence-corrected chi connectivity index (χ1v) is 6.51. The standard InChI is InChI=1S/C16H19NO4/c1-12(15(18)21-16(2,3)4)6-5-7-13-8-10-14(11-9-13)17(19)20/h5,7-11H,1,6H2,2-4H3/b7-5+. The Hall–Kier alpha value is -2.43. The summed E-state index contributed by atoms with van der Waals surface area (Å²) in [5, 5.41) is 10.5. The van der Waals surface area contributed by atoms with E-state index in [9.17, 15) is 14.9 Å². The molecule has 0 saturated carbocycles. The minimum Gasteiger partial charge on any atom is -0.457 e. The maximum Gasteiger partial charge on any atom is 0.334 e. The van der Waals surface area contributed by atoms with Gasteiger partial charge in [0, 0.05) is 17.7 Å². The number of benzene rings is 1. The van der Waals surface area contributed by atoms with Gasteiger partial charge in [-0.2, -0.15) is 0 Å². The van der Waals surface area contributed by atoms with Crippen molar-refractivity contribution < 1.29 is 14.5 Å². The van der Waals surface area contributed by atoms with Crippen LogP contribution in [0.15, 0.2) is 42.5 Å². The van der Waals surface area contributed by atoms with Gasteiger partial charge in [-0.05, 0) is 44.9 Å². The summed E-state index contributed by atoms with van der Waals surface area (Å²) in [6.07, 6.45) is 3.92. The van der Waals surface area contributed by atoms with Gasteiger partial charge in [-0.3, -0.25) is 10.1 Å². The number of hydrogen-bond acceptors (Lipinski definition) is 4. The molecule has 0 spiro atoms. The number of hydrogen-bond donors (Lipinski definition) is 0. The van der Waals surface area contributed by atoms with Gasteiger partial charge in [-0.25, -0.2) is 4.79 Å². The fraction of sp³-hybridized carbons (Fsp3) is 0.312. The summed E-state index contributed by atoms with van der Waals surface area (Å²) in [5.41, 5.74) is 0.688. The van der Waals surface area contributed by atoms with Crippen LogP contribution in [0.25, 0.3) is 6.08 Å². The summed E-state index contributed by atoms with van der Waals surface area (Å²) in [5.74, 6) is -0.421. The third-order valence-electron chi connectivity index (χ3n) is 2.47. The number of carbonyl (C=O) groups excluding carboxylic acids is 1. The van der Waals surface area contributed by atoms with E-state index in [2.05, 4.69) is 6.58 Å². The molecular formula is C16H19NO4. The predicted octanol–water partition coefficient (Wildman–Crippen LogP) is 3.90. The highest BCUT2D eigenvalue weighted by atomic mass is 16.6. The topological polar surface area (TPSA) is 69.4 Å². The van der Waals surface area contributed by atoms with Crippen LogP contribution in [0.4, 0.5) is 5.69 Å².